The zero-order valence-corrected chi connectivity index (χ0v) is 9.50. The molecule has 6 nitrogen and oxygen atoms in total. The van der Waals surface area contributed by atoms with Crippen LogP contribution in [0.1, 0.15) is 19.8 Å². The molecule has 0 aromatic heterocycles. The predicted octanol–water partition coefficient (Wildman–Crippen LogP) is -0.613. The number of nitrogens with two attached hydrogens (primary N) is 1. The quantitative estimate of drug-likeness (QED) is 0.598. The fraction of sp³-hybridized carbons (Fsp3) is 0.750. The van der Waals surface area contributed by atoms with E-state index in [1.807, 2.05) is 0 Å². The van der Waals surface area contributed by atoms with Gasteiger partial charge in [-0.15, -0.1) is 0 Å². The predicted molar refractivity (Wildman–Crippen MR) is 53.9 cm³/mol. The van der Waals surface area contributed by atoms with Crippen molar-refractivity contribution in [2.45, 2.75) is 19.8 Å². The lowest BCUT2D eigenvalue weighted by Crippen LogP contribution is -2.41. The zero-order valence-electron chi connectivity index (χ0n) is 8.69. The number of primary amides is 1. The Morgan fingerprint density at radius 2 is 1.87 bits per heavy atom. The Balaban J connectivity index is 4.47. The third kappa shape index (κ3) is 4.28. The monoisotopic (exact) mass is 237 g/mol. The number of carbonyl (C=O) groups is 2. The number of carbonyl (C=O) groups excluding carboxylic acids is 1. The maximum Gasteiger partial charge on any atom is 0.318 e. The van der Waals surface area contributed by atoms with Gasteiger partial charge in [0.1, 0.15) is 15.3 Å². The number of amides is 1. The summed E-state index contributed by atoms with van der Waals surface area (Å²) in [6.07, 6.45) is 1.07. The van der Waals surface area contributed by atoms with Gasteiger partial charge in [-0.25, -0.2) is 8.42 Å². The summed E-state index contributed by atoms with van der Waals surface area (Å²) in [5.41, 5.74) is 3.26. The number of hydrogen-bond acceptors (Lipinski definition) is 4. The average Bonchev–Trinajstić information content (AvgIpc) is 2.00. The van der Waals surface area contributed by atoms with Crippen LogP contribution >= 0.6 is 0 Å². The second-order valence-corrected chi connectivity index (χ2v) is 5.99. The van der Waals surface area contributed by atoms with Crippen molar-refractivity contribution in [3.8, 4) is 0 Å². The van der Waals surface area contributed by atoms with Crippen molar-refractivity contribution >= 4 is 21.7 Å². The normalized spacial score (nSPS) is 15.6. The van der Waals surface area contributed by atoms with E-state index in [0.717, 1.165) is 6.26 Å². The highest BCUT2D eigenvalue weighted by atomic mass is 32.2. The maximum absolute atomic E-state index is 10.9. The largest absolute Gasteiger partial charge is 0.480 e. The van der Waals surface area contributed by atoms with Crippen molar-refractivity contribution < 1.29 is 23.1 Å². The van der Waals surface area contributed by atoms with Crippen molar-refractivity contribution in [1.29, 1.82) is 0 Å². The van der Waals surface area contributed by atoms with Crippen LogP contribution < -0.4 is 5.73 Å². The highest BCUT2D eigenvalue weighted by Gasteiger charge is 2.39. The number of sulfone groups is 1. The average molecular weight is 237 g/mol. The Labute approximate surface area is 88.4 Å². The molecule has 0 aromatic rings. The van der Waals surface area contributed by atoms with Crippen LogP contribution in [0.5, 0.6) is 0 Å². The van der Waals surface area contributed by atoms with E-state index in [1.165, 1.54) is 6.92 Å². The summed E-state index contributed by atoms with van der Waals surface area (Å²) in [5, 5.41) is 8.78. The van der Waals surface area contributed by atoms with Gasteiger partial charge < -0.3 is 10.8 Å². The van der Waals surface area contributed by atoms with Gasteiger partial charge in [-0.2, -0.15) is 0 Å². The summed E-state index contributed by atoms with van der Waals surface area (Å²) < 4.78 is 21.6. The van der Waals surface area contributed by atoms with Crippen molar-refractivity contribution in [3.05, 3.63) is 0 Å². The van der Waals surface area contributed by atoms with E-state index >= 15 is 0 Å². The van der Waals surface area contributed by atoms with E-state index in [-0.39, 0.29) is 18.6 Å². The van der Waals surface area contributed by atoms with Crippen molar-refractivity contribution in [2.75, 3.05) is 12.0 Å². The molecule has 7 heteroatoms. The minimum Gasteiger partial charge on any atom is -0.480 e. The van der Waals surface area contributed by atoms with Gasteiger partial charge in [-0.05, 0) is 19.8 Å². The number of carboxylic acid groups (broad SMARTS) is 1. The smallest absolute Gasteiger partial charge is 0.318 e. The highest BCUT2D eigenvalue weighted by Crippen LogP contribution is 2.23. The molecule has 0 aliphatic carbocycles. The fourth-order valence-electron chi connectivity index (χ4n) is 1.02. The Morgan fingerprint density at radius 1 is 1.40 bits per heavy atom. The van der Waals surface area contributed by atoms with Crippen LogP contribution in [0.25, 0.3) is 0 Å². The second kappa shape index (κ2) is 4.61. The van der Waals surface area contributed by atoms with Crippen LogP contribution in [-0.4, -0.2) is 37.4 Å². The van der Waals surface area contributed by atoms with E-state index in [9.17, 15) is 18.0 Å². The number of aliphatic carboxylic acids is 1. The number of rotatable bonds is 6. The topological polar surface area (TPSA) is 115 Å². The summed E-state index contributed by atoms with van der Waals surface area (Å²) in [6.45, 7) is 1.19. The standard InChI is InChI=1S/C8H15NO5S/c1-8(6(9)10,7(11)12)4-3-5-15(2,13)14/h3-5H2,1-2H3,(H2,9,10)(H,11,12). The Bertz CT molecular complexity index is 345. The van der Waals surface area contributed by atoms with Gasteiger partial charge in [0.15, 0.2) is 0 Å². The molecule has 0 fully saturated rings. The summed E-state index contributed by atoms with van der Waals surface area (Å²) in [5.74, 6) is -2.43. The molecule has 88 valence electrons. The minimum atomic E-state index is -3.14. The molecule has 15 heavy (non-hydrogen) atoms. The Morgan fingerprint density at radius 3 is 2.13 bits per heavy atom. The maximum atomic E-state index is 10.9. The van der Waals surface area contributed by atoms with Gasteiger partial charge in [-0.1, -0.05) is 0 Å². The zero-order chi connectivity index (χ0) is 12.3. The molecule has 0 aliphatic heterocycles. The first kappa shape index (κ1) is 13.9. The molecular formula is C8H15NO5S. The van der Waals surface area contributed by atoms with E-state index in [2.05, 4.69) is 0 Å². The van der Waals surface area contributed by atoms with Gasteiger partial charge in [-0.3, -0.25) is 9.59 Å². The van der Waals surface area contributed by atoms with Crippen LogP contribution in [0.4, 0.5) is 0 Å². The van der Waals surface area contributed by atoms with Crippen LogP contribution in [0.3, 0.4) is 0 Å². The van der Waals surface area contributed by atoms with E-state index in [1.54, 1.807) is 0 Å². The Hall–Kier alpha value is -1.11. The van der Waals surface area contributed by atoms with Crippen LogP contribution in [-0.2, 0) is 19.4 Å². The molecule has 0 spiro atoms. The molecule has 0 rings (SSSR count). The lowest BCUT2D eigenvalue weighted by molar-refractivity contribution is -0.153. The summed E-state index contributed by atoms with van der Waals surface area (Å²) in [6, 6.07) is 0. The molecule has 0 radical (unpaired) electrons. The molecule has 0 aromatic carbocycles. The lowest BCUT2D eigenvalue weighted by Gasteiger charge is -2.20. The molecule has 0 saturated carbocycles. The SMILES string of the molecule is CC(CCCS(C)(=O)=O)(C(N)=O)C(=O)O. The lowest BCUT2D eigenvalue weighted by atomic mass is 9.85. The van der Waals surface area contributed by atoms with Crippen molar-refractivity contribution in [2.24, 2.45) is 11.1 Å². The molecule has 0 bridgehead atoms. The van der Waals surface area contributed by atoms with Gasteiger partial charge in [0, 0.05) is 12.0 Å². The van der Waals surface area contributed by atoms with Gasteiger partial charge in [0.25, 0.3) is 0 Å². The second-order valence-electron chi connectivity index (χ2n) is 3.73. The Kier molecular flexibility index (Phi) is 4.27. The van der Waals surface area contributed by atoms with E-state index < -0.39 is 27.1 Å². The fourth-order valence-corrected chi connectivity index (χ4v) is 1.69. The number of hydrogen-bond donors (Lipinski definition) is 2. The molecular weight excluding hydrogens is 222 g/mol. The molecule has 0 heterocycles. The minimum absolute atomic E-state index is 0.0786. The van der Waals surface area contributed by atoms with Crippen LogP contribution in [0, 0.1) is 5.41 Å². The van der Waals surface area contributed by atoms with Gasteiger partial charge >= 0.3 is 5.97 Å². The van der Waals surface area contributed by atoms with E-state index in [0.29, 0.717) is 0 Å². The molecule has 1 atom stereocenters. The van der Waals surface area contributed by atoms with Gasteiger partial charge in [0.2, 0.25) is 5.91 Å². The first-order valence-corrected chi connectivity index (χ1v) is 6.36. The first-order chi connectivity index (χ1) is 6.59. The van der Waals surface area contributed by atoms with Gasteiger partial charge in [0.05, 0.1) is 0 Å². The summed E-state index contributed by atoms with van der Waals surface area (Å²) >= 11 is 0. The first-order valence-electron chi connectivity index (χ1n) is 4.30. The van der Waals surface area contributed by atoms with E-state index in [4.69, 9.17) is 10.8 Å². The highest BCUT2D eigenvalue weighted by molar-refractivity contribution is 7.90. The van der Waals surface area contributed by atoms with Crippen molar-refractivity contribution in [1.82, 2.24) is 0 Å². The van der Waals surface area contributed by atoms with Crippen LogP contribution in [0.2, 0.25) is 0 Å². The molecule has 0 aliphatic rings. The molecule has 1 unspecified atom stereocenters. The third-order valence-corrected chi connectivity index (χ3v) is 3.24. The molecule has 0 saturated heterocycles. The number of carboxylic acids is 1. The summed E-state index contributed by atoms with van der Waals surface area (Å²) in [7, 11) is -3.14. The molecule has 3 N–H and O–H groups in total. The third-order valence-electron chi connectivity index (χ3n) is 2.21. The summed E-state index contributed by atoms with van der Waals surface area (Å²) in [4.78, 5) is 21.7. The van der Waals surface area contributed by atoms with Crippen LogP contribution in [0.15, 0.2) is 0 Å². The molecule has 1 amide bonds. The van der Waals surface area contributed by atoms with Crippen molar-refractivity contribution in [3.63, 3.8) is 0 Å².